The zero-order valence-electron chi connectivity index (χ0n) is 7.28. The van der Waals surface area contributed by atoms with E-state index in [0.717, 1.165) is 22.0 Å². The summed E-state index contributed by atoms with van der Waals surface area (Å²) in [5.74, 6) is 0. The second-order valence-corrected chi connectivity index (χ2v) is 2.87. The summed E-state index contributed by atoms with van der Waals surface area (Å²) in [6.07, 6.45) is 7.67. The van der Waals surface area contributed by atoms with Crippen LogP contribution in [0.1, 0.15) is 5.69 Å². The van der Waals surface area contributed by atoms with Crippen LogP contribution in [0.15, 0.2) is 24.0 Å². The monoisotopic (exact) mass is 161 g/mol. The van der Waals surface area contributed by atoms with Crippen LogP contribution in [0.5, 0.6) is 0 Å². The second kappa shape index (κ2) is 1.91. The number of nitrogens with zero attached hydrogens (tertiary/aromatic N) is 1. The average Bonchev–Trinajstić information content (AvgIpc) is 2.70. The average molecular weight is 161 g/mol. The van der Waals surface area contributed by atoms with Crippen molar-refractivity contribution in [1.29, 1.82) is 0 Å². The SMILES string of the molecule is [2H]n1ncc2c1C=C1C=CNC1N2. The number of aromatic nitrogens is 2. The van der Waals surface area contributed by atoms with Crippen molar-refractivity contribution in [2.45, 2.75) is 6.17 Å². The third-order valence-electron chi connectivity index (χ3n) is 2.10. The van der Waals surface area contributed by atoms with E-state index in [9.17, 15) is 0 Å². The van der Waals surface area contributed by atoms with Gasteiger partial charge < -0.3 is 10.6 Å². The number of nitrogens with one attached hydrogen (secondary N) is 3. The lowest BCUT2D eigenvalue weighted by molar-refractivity contribution is 0.790. The van der Waals surface area contributed by atoms with Gasteiger partial charge in [-0.25, -0.2) is 0 Å². The van der Waals surface area contributed by atoms with Gasteiger partial charge >= 0.3 is 0 Å². The Morgan fingerprint density at radius 3 is 3.58 bits per heavy atom. The number of fused-ring (bicyclic) bond motifs is 2. The van der Waals surface area contributed by atoms with E-state index in [4.69, 9.17) is 1.41 Å². The Kier molecular flexibility index (Phi) is 0.800. The van der Waals surface area contributed by atoms with Gasteiger partial charge in [-0.1, -0.05) is 0 Å². The Morgan fingerprint density at radius 1 is 1.58 bits per heavy atom. The van der Waals surface area contributed by atoms with Crippen LogP contribution in [-0.2, 0) is 0 Å². The molecule has 1 aromatic rings. The molecule has 2 aliphatic rings. The van der Waals surface area contributed by atoms with E-state index in [-0.39, 0.29) is 6.17 Å². The van der Waals surface area contributed by atoms with Crippen LogP contribution >= 0.6 is 0 Å². The molecule has 3 N–H and O–H groups in total. The van der Waals surface area contributed by atoms with Crippen molar-refractivity contribution < 1.29 is 1.41 Å². The molecule has 0 amide bonds. The van der Waals surface area contributed by atoms with E-state index in [0.29, 0.717) is 0 Å². The van der Waals surface area contributed by atoms with Gasteiger partial charge in [0.05, 0.1) is 17.6 Å². The zero-order valence-corrected chi connectivity index (χ0v) is 6.28. The standard InChI is InChI=1S/C8H8N4/c1-2-9-8-5(1)3-6-7(11-8)4-10-12-6/h1-4,8-9,11H,(H,10,12)/i/hD. The minimum atomic E-state index is 0.150. The van der Waals surface area contributed by atoms with Crippen LogP contribution in [0, 0.1) is 0 Å². The Bertz CT molecular complexity index is 418. The molecule has 0 bridgehead atoms. The number of anilines is 1. The highest BCUT2D eigenvalue weighted by Crippen LogP contribution is 2.26. The first kappa shape index (κ1) is 5.03. The van der Waals surface area contributed by atoms with E-state index in [1.54, 1.807) is 6.20 Å². The first-order valence-corrected chi connectivity index (χ1v) is 3.82. The van der Waals surface area contributed by atoms with Crippen molar-refractivity contribution >= 4 is 11.8 Å². The van der Waals surface area contributed by atoms with Gasteiger partial charge in [0.25, 0.3) is 0 Å². The van der Waals surface area contributed by atoms with Crippen molar-refractivity contribution in [3.63, 3.8) is 0 Å². The number of rotatable bonds is 0. The summed E-state index contributed by atoms with van der Waals surface area (Å²) in [6.45, 7) is 0. The fourth-order valence-corrected chi connectivity index (χ4v) is 1.49. The van der Waals surface area contributed by atoms with Crippen LogP contribution in [0.2, 0.25) is 1.41 Å². The largest absolute Gasteiger partial charge is 0.368 e. The number of hydrogen-bond donors (Lipinski definition) is 3. The van der Waals surface area contributed by atoms with Gasteiger partial charge in [-0.3, -0.25) is 5.09 Å². The third kappa shape index (κ3) is 0.637. The summed E-state index contributed by atoms with van der Waals surface area (Å²) in [7, 11) is 0. The summed E-state index contributed by atoms with van der Waals surface area (Å²) < 4.78 is 7.46. The Morgan fingerprint density at radius 2 is 2.58 bits per heavy atom. The molecule has 3 rings (SSSR count). The Labute approximate surface area is 70.8 Å². The molecule has 0 spiro atoms. The highest BCUT2D eigenvalue weighted by atomic mass is 15.2. The van der Waals surface area contributed by atoms with Crippen LogP contribution < -0.4 is 10.6 Å². The van der Waals surface area contributed by atoms with Crippen molar-refractivity contribution in [2.75, 3.05) is 5.32 Å². The predicted molar refractivity (Wildman–Crippen MR) is 46.3 cm³/mol. The van der Waals surface area contributed by atoms with Gasteiger partial charge in [0.2, 0.25) is 0 Å². The highest BCUT2D eigenvalue weighted by Gasteiger charge is 2.21. The molecule has 60 valence electrons. The molecule has 0 fully saturated rings. The van der Waals surface area contributed by atoms with Crippen LogP contribution in [0.25, 0.3) is 6.08 Å². The number of hydrogen-bond acceptors (Lipinski definition) is 3. The van der Waals surface area contributed by atoms with E-state index >= 15 is 0 Å². The Balaban J connectivity index is 2.16. The van der Waals surface area contributed by atoms with E-state index < -0.39 is 0 Å². The van der Waals surface area contributed by atoms with Crippen molar-refractivity contribution in [1.82, 2.24) is 15.5 Å². The fourth-order valence-electron chi connectivity index (χ4n) is 1.49. The Hall–Kier alpha value is -1.71. The van der Waals surface area contributed by atoms with E-state index in [1.165, 1.54) is 0 Å². The maximum atomic E-state index is 7.46. The molecule has 12 heavy (non-hydrogen) atoms. The maximum absolute atomic E-state index is 7.46. The second-order valence-electron chi connectivity index (χ2n) is 2.87. The van der Waals surface area contributed by atoms with Crippen molar-refractivity contribution in [3.8, 4) is 0 Å². The van der Waals surface area contributed by atoms with E-state index in [1.807, 2.05) is 18.4 Å². The maximum Gasteiger partial charge on any atom is 0.190 e. The zero-order chi connectivity index (χ0) is 8.84. The normalized spacial score (nSPS) is 24.8. The smallest absolute Gasteiger partial charge is 0.190 e. The van der Waals surface area contributed by atoms with Crippen molar-refractivity contribution in [2.24, 2.45) is 0 Å². The van der Waals surface area contributed by atoms with Gasteiger partial charge in [0, 0.05) is 0 Å². The first-order valence-electron chi connectivity index (χ1n) is 4.27. The van der Waals surface area contributed by atoms with Gasteiger partial charge in [-0.15, -0.1) is 0 Å². The number of H-pyrrole nitrogens is 1. The molecule has 1 atom stereocenters. The molecule has 3 heterocycles. The summed E-state index contributed by atoms with van der Waals surface area (Å²) >= 11 is 0. The topological polar surface area (TPSA) is 52.7 Å². The summed E-state index contributed by atoms with van der Waals surface area (Å²) in [6, 6.07) is 0. The van der Waals surface area contributed by atoms with Gasteiger partial charge in [-0.05, 0) is 23.9 Å². The number of aromatic amines is 1. The lowest BCUT2D eigenvalue weighted by Gasteiger charge is -2.20. The van der Waals surface area contributed by atoms with E-state index in [2.05, 4.69) is 15.7 Å². The molecular formula is C8H8N4. The quantitative estimate of drug-likeness (QED) is 0.524. The molecule has 0 aromatic carbocycles. The van der Waals surface area contributed by atoms with Gasteiger partial charge in [0.1, 0.15) is 6.17 Å². The van der Waals surface area contributed by atoms with Crippen LogP contribution in [-0.4, -0.2) is 16.4 Å². The molecule has 0 saturated carbocycles. The van der Waals surface area contributed by atoms with Gasteiger partial charge in [-0.2, -0.15) is 5.10 Å². The summed E-state index contributed by atoms with van der Waals surface area (Å²) in [5.41, 5.74) is 2.85. The summed E-state index contributed by atoms with van der Waals surface area (Å²) in [4.78, 5) is 0. The van der Waals surface area contributed by atoms with Crippen LogP contribution in [0.3, 0.4) is 0 Å². The molecule has 4 nitrogen and oxygen atoms in total. The van der Waals surface area contributed by atoms with Gasteiger partial charge in [0.15, 0.2) is 1.41 Å². The molecule has 1 aromatic heterocycles. The minimum Gasteiger partial charge on any atom is -0.368 e. The van der Waals surface area contributed by atoms with Crippen molar-refractivity contribution in [3.05, 3.63) is 29.7 Å². The lowest BCUT2D eigenvalue weighted by atomic mass is 10.1. The first-order chi connectivity index (χ1) is 6.34. The minimum absolute atomic E-state index is 0.150. The fraction of sp³-hybridized carbons (Fsp3) is 0.125. The molecular weight excluding hydrogens is 152 g/mol. The summed E-state index contributed by atoms with van der Waals surface area (Å²) in [5, 5.41) is 11.4. The molecule has 0 aliphatic carbocycles. The molecule has 4 heteroatoms. The molecule has 2 aliphatic heterocycles. The molecule has 0 radical (unpaired) electrons. The predicted octanol–water partition coefficient (Wildman–Crippen LogP) is 0.662. The lowest BCUT2D eigenvalue weighted by Crippen LogP contribution is -2.31. The third-order valence-corrected chi connectivity index (χ3v) is 2.10. The molecule has 1 unspecified atom stereocenters. The molecule has 0 saturated heterocycles. The highest BCUT2D eigenvalue weighted by molar-refractivity contribution is 5.72. The van der Waals surface area contributed by atoms with Crippen LogP contribution in [0.4, 0.5) is 5.69 Å².